The van der Waals surface area contributed by atoms with E-state index in [4.69, 9.17) is 15.2 Å². The van der Waals surface area contributed by atoms with Gasteiger partial charge in [0, 0.05) is 30.8 Å². The molecule has 1 aliphatic carbocycles. The predicted molar refractivity (Wildman–Crippen MR) is 156 cm³/mol. The minimum Gasteiger partial charge on any atom is -0.458 e. The van der Waals surface area contributed by atoms with Gasteiger partial charge in [0.25, 0.3) is 0 Å². The van der Waals surface area contributed by atoms with Gasteiger partial charge in [-0.1, -0.05) is 86.6 Å². The van der Waals surface area contributed by atoms with Crippen LogP contribution in [0.2, 0.25) is 0 Å². The topological polar surface area (TPSA) is 140 Å². The summed E-state index contributed by atoms with van der Waals surface area (Å²) in [4.78, 5) is 36.0. The quantitative estimate of drug-likeness (QED) is 0.230. The Morgan fingerprint density at radius 2 is 1.88 bits per heavy atom. The van der Waals surface area contributed by atoms with Crippen LogP contribution in [0.5, 0.6) is 0 Å². The number of aliphatic hydroxyl groups excluding tert-OH is 1. The lowest BCUT2D eigenvalue weighted by molar-refractivity contribution is -0.151. The number of esters is 1. The Labute approximate surface area is 237 Å². The maximum atomic E-state index is 12.7. The van der Waals surface area contributed by atoms with Crippen LogP contribution >= 0.6 is 0 Å². The van der Waals surface area contributed by atoms with Crippen molar-refractivity contribution in [3.8, 4) is 0 Å². The summed E-state index contributed by atoms with van der Waals surface area (Å²) >= 11 is 0. The molecule has 0 fully saturated rings. The van der Waals surface area contributed by atoms with E-state index in [1.807, 2.05) is 51.2 Å². The zero-order chi connectivity index (χ0) is 30.0. The van der Waals surface area contributed by atoms with Gasteiger partial charge in [-0.3, -0.25) is 4.79 Å². The number of hydrogen-bond acceptors (Lipinski definition) is 7. The highest BCUT2D eigenvalue weighted by Gasteiger charge is 2.36. The predicted octanol–water partition coefficient (Wildman–Crippen LogP) is 3.83. The van der Waals surface area contributed by atoms with E-state index < -0.39 is 36.4 Å². The zero-order valence-electron chi connectivity index (χ0n) is 24.6. The molecule has 0 saturated carbocycles. The highest BCUT2D eigenvalue weighted by atomic mass is 16.5. The molecule has 0 aromatic heterocycles. The number of allylic oxidation sites excluding steroid dienone is 9. The molecule has 0 bridgehead atoms. The van der Waals surface area contributed by atoms with Gasteiger partial charge in [0.15, 0.2) is 0 Å². The Bertz CT molecular complexity index is 1100. The third-order valence-electron chi connectivity index (χ3n) is 7.45. The average Bonchev–Trinajstić information content (AvgIpc) is 2.89. The molecule has 40 heavy (non-hydrogen) atoms. The summed E-state index contributed by atoms with van der Waals surface area (Å²) < 4.78 is 10.6. The number of fused-ring (bicyclic) bond motifs is 1. The fraction of sp³-hybridized carbons (Fsp3) is 0.516. The molecule has 0 saturated heterocycles. The van der Waals surface area contributed by atoms with Crippen molar-refractivity contribution in [1.82, 2.24) is 10.6 Å². The van der Waals surface area contributed by atoms with Crippen LogP contribution in [0.15, 0.2) is 71.9 Å². The van der Waals surface area contributed by atoms with E-state index >= 15 is 0 Å². The highest BCUT2D eigenvalue weighted by molar-refractivity contribution is 5.82. The van der Waals surface area contributed by atoms with E-state index in [1.165, 1.54) is 20.1 Å². The monoisotopic (exact) mass is 555 g/mol. The molecule has 0 aromatic rings. The number of nitrogens with one attached hydrogen (secondary N) is 2. The largest absolute Gasteiger partial charge is 0.458 e. The Balaban J connectivity index is 2.47. The molecule has 9 nitrogen and oxygen atoms in total. The van der Waals surface area contributed by atoms with Crippen molar-refractivity contribution in [1.29, 1.82) is 0 Å². The number of methoxy groups -OCH3 is 1. The molecule has 0 radical (unpaired) electrons. The van der Waals surface area contributed by atoms with Crippen LogP contribution in [0.1, 0.15) is 48.0 Å². The first-order valence-electron chi connectivity index (χ1n) is 13.6. The van der Waals surface area contributed by atoms with Crippen LogP contribution in [0.4, 0.5) is 4.79 Å². The first-order valence-corrected chi connectivity index (χ1v) is 13.6. The van der Waals surface area contributed by atoms with Gasteiger partial charge in [-0.05, 0) is 25.7 Å². The molecular formula is C31H45N3O6. The molecular weight excluding hydrogens is 510 g/mol. The van der Waals surface area contributed by atoms with Gasteiger partial charge in [-0.25, -0.2) is 9.59 Å². The van der Waals surface area contributed by atoms with Gasteiger partial charge in [0.2, 0.25) is 5.91 Å². The molecule has 8 atom stereocenters. The Kier molecular flexibility index (Phi) is 12.1. The third kappa shape index (κ3) is 9.64. The molecule has 2 rings (SSSR count). The summed E-state index contributed by atoms with van der Waals surface area (Å²) in [5, 5.41) is 16.2. The SMILES string of the molecule is COC(=O)N[C@@H]1C=C[C@@H]2/C=C(C)/C=C/[C@@H](C)[C@H]([C@H](C)[C@H](O)[C@@H](N)NC(C)=O)OC(=O)/C=C/C=C(C)\C=C\[C@]2(C)C1. The van der Waals surface area contributed by atoms with Crippen LogP contribution in [0, 0.1) is 23.2 Å². The van der Waals surface area contributed by atoms with Crippen molar-refractivity contribution in [3.63, 3.8) is 0 Å². The van der Waals surface area contributed by atoms with E-state index in [1.54, 1.807) is 13.0 Å². The van der Waals surface area contributed by atoms with Gasteiger partial charge < -0.3 is 30.9 Å². The normalized spacial score (nSPS) is 34.7. The van der Waals surface area contributed by atoms with Crippen LogP contribution in [0.25, 0.3) is 0 Å². The van der Waals surface area contributed by atoms with Crippen molar-refractivity contribution in [3.05, 3.63) is 71.9 Å². The van der Waals surface area contributed by atoms with Crippen molar-refractivity contribution in [2.24, 2.45) is 28.9 Å². The lowest BCUT2D eigenvalue weighted by Crippen LogP contribution is -2.54. The molecule has 0 spiro atoms. The first kappa shape index (κ1) is 32.8. The number of ether oxygens (including phenoxy) is 2. The van der Waals surface area contributed by atoms with Gasteiger partial charge in [0.05, 0.1) is 19.3 Å². The number of alkyl carbamates (subject to hydrolysis) is 1. The number of cyclic esters (lactones) is 1. The number of carbonyl (C=O) groups excluding carboxylic acids is 3. The maximum absolute atomic E-state index is 12.7. The van der Waals surface area contributed by atoms with Crippen molar-refractivity contribution in [2.45, 2.75) is 72.4 Å². The summed E-state index contributed by atoms with van der Waals surface area (Å²) in [6, 6.07) is -0.176. The minimum absolute atomic E-state index is 0.0562. The van der Waals surface area contributed by atoms with Crippen LogP contribution < -0.4 is 16.4 Å². The number of carbonyl (C=O) groups is 3. The summed E-state index contributed by atoms with van der Waals surface area (Å²) in [5.74, 6) is -1.71. The number of aliphatic hydroxyl groups is 1. The van der Waals surface area contributed by atoms with Gasteiger partial charge in [0.1, 0.15) is 12.3 Å². The summed E-state index contributed by atoms with van der Waals surface area (Å²) in [7, 11) is 1.35. The second-order valence-electron chi connectivity index (χ2n) is 11.1. The molecule has 1 aliphatic heterocycles. The smallest absolute Gasteiger partial charge is 0.407 e. The molecule has 9 heteroatoms. The fourth-order valence-electron chi connectivity index (χ4n) is 5.00. The van der Waals surface area contributed by atoms with Crippen LogP contribution in [0.3, 0.4) is 0 Å². The third-order valence-corrected chi connectivity index (χ3v) is 7.45. The Hall–Kier alpha value is -3.43. The first-order chi connectivity index (χ1) is 18.7. The molecule has 0 aromatic carbocycles. The second kappa shape index (κ2) is 14.8. The van der Waals surface area contributed by atoms with Crippen LogP contribution in [-0.2, 0) is 19.1 Å². The second-order valence-corrected chi connectivity index (χ2v) is 11.1. The molecule has 2 aliphatic rings. The van der Waals surface area contributed by atoms with Gasteiger partial charge in [-0.2, -0.15) is 0 Å². The molecule has 0 unspecified atom stereocenters. The number of nitrogens with two attached hydrogens (primary N) is 1. The van der Waals surface area contributed by atoms with Gasteiger partial charge >= 0.3 is 12.1 Å². The number of hydrogen-bond donors (Lipinski definition) is 4. The molecule has 2 amide bonds. The van der Waals surface area contributed by atoms with E-state index in [0.29, 0.717) is 6.42 Å². The number of rotatable bonds is 5. The molecule has 5 N–H and O–H groups in total. The van der Waals surface area contributed by atoms with E-state index in [0.717, 1.165) is 11.1 Å². The molecule has 220 valence electrons. The van der Waals surface area contributed by atoms with Crippen LogP contribution in [-0.4, -0.2) is 54.6 Å². The maximum Gasteiger partial charge on any atom is 0.407 e. The Morgan fingerprint density at radius 1 is 1.18 bits per heavy atom. The summed E-state index contributed by atoms with van der Waals surface area (Å²) in [5.41, 5.74) is 7.62. The van der Waals surface area contributed by atoms with Crippen molar-refractivity contribution >= 4 is 18.0 Å². The standard InChI is InChI=1S/C31H45N3O6/c1-19-9-8-10-26(36)40-28(22(4)27(37)29(32)33-23(5)35)21(3)12-11-20(2)17-24-13-14-25(34-30(38)39-7)18-31(24,6)16-15-19/h8-17,21-22,24-25,27-29,37H,18,32H2,1-7H3,(H,33,35)(H,34,38)/b10-8+,12-11+,16-15+,19-9-,20-17+/t21-,22-,24-,25-,27+,28-,29+,31-/m1/s1. The van der Waals surface area contributed by atoms with Gasteiger partial charge in [-0.15, -0.1) is 0 Å². The lowest BCUT2D eigenvalue weighted by atomic mass is 9.68. The van der Waals surface area contributed by atoms with Crippen molar-refractivity contribution in [2.75, 3.05) is 7.11 Å². The molecule has 1 heterocycles. The lowest BCUT2D eigenvalue weighted by Gasteiger charge is -2.38. The van der Waals surface area contributed by atoms with E-state index in [9.17, 15) is 19.5 Å². The summed E-state index contributed by atoms with van der Waals surface area (Å²) in [6.07, 6.45) is 16.5. The summed E-state index contributed by atoms with van der Waals surface area (Å²) in [6.45, 7) is 11.1. The minimum atomic E-state index is -1.14. The fourth-order valence-corrected chi connectivity index (χ4v) is 5.00. The number of amides is 2. The van der Waals surface area contributed by atoms with Crippen molar-refractivity contribution < 1.29 is 29.0 Å². The Morgan fingerprint density at radius 3 is 2.52 bits per heavy atom. The van der Waals surface area contributed by atoms with E-state index in [-0.39, 0.29) is 29.2 Å². The zero-order valence-corrected chi connectivity index (χ0v) is 24.6. The highest BCUT2D eigenvalue weighted by Crippen LogP contribution is 2.41. The van der Waals surface area contributed by atoms with E-state index in [2.05, 4.69) is 35.8 Å². The average molecular weight is 556 g/mol.